The summed E-state index contributed by atoms with van der Waals surface area (Å²) < 4.78 is 0. The number of rotatable bonds is 4. The van der Waals surface area contributed by atoms with E-state index in [9.17, 15) is 10.1 Å². The van der Waals surface area contributed by atoms with E-state index >= 15 is 0 Å². The first-order valence-electron chi connectivity index (χ1n) is 6.40. The van der Waals surface area contributed by atoms with Gasteiger partial charge >= 0.3 is 0 Å². The van der Waals surface area contributed by atoms with Crippen LogP contribution in [-0.2, 0) is 4.84 Å². The Balaban J connectivity index is 2.28. The first kappa shape index (κ1) is 14.3. The van der Waals surface area contributed by atoms with Crippen LogP contribution in [0.3, 0.4) is 0 Å². The molecule has 0 aromatic heterocycles. The van der Waals surface area contributed by atoms with Gasteiger partial charge in [-0.3, -0.25) is 10.1 Å². The summed E-state index contributed by atoms with van der Waals surface area (Å²) in [7, 11) is 3.49. The summed E-state index contributed by atoms with van der Waals surface area (Å²) in [6.45, 7) is 3.40. The van der Waals surface area contributed by atoms with Crippen LogP contribution >= 0.6 is 0 Å². The molecule has 1 aromatic carbocycles. The highest BCUT2D eigenvalue weighted by Gasteiger charge is 2.22. The summed E-state index contributed by atoms with van der Waals surface area (Å²) in [5.41, 5.74) is 1.42. The van der Waals surface area contributed by atoms with Crippen molar-refractivity contribution in [3.63, 3.8) is 0 Å². The smallest absolute Gasteiger partial charge is 0.293 e. The molecule has 1 saturated heterocycles. The van der Waals surface area contributed by atoms with Gasteiger partial charge in [-0.25, -0.2) is 0 Å². The van der Waals surface area contributed by atoms with Crippen molar-refractivity contribution in [2.45, 2.75) is 0 Å². The van der Waals surface area contributed by atoms with Gasteiger partial charge in [-0.15, -0.1) is 0 Å². The summed E-state index contributed by atoms with van der Waals surface area (Å²) in [6.07, 6.45) is 1.46. The molecule has 1 aliphatic heterocycles. The lowest BCUT2D eigenvalue weighted by atomic mass is 10.1. The zero-order valence-corrected chi connectivity index (χ0v) is 11.7. The van der Waals surface area contributed by atoms with Crippen LogP contribution in [-0.4, -0.2) is 56.4 Å². The van der Waals surface area contributed by atoms with Gasteiger partial charge in [-0.1, -0.05) is 11.2 Å². The second-order valence-corrected chi connectivity index (χ2v) is 4.71. The van der Waals surface area contributed by atoms with Crippen molar-refractivity contribution >= 4 is 17.6 Å². The normalized spacial score (nSPS) is 16.6. The molecule has 0 saturated carbocycles. The molecule has 108 valence electrons. The van der Waals surface area contributed by atoms with Gasteiger partial charge in [0.1, 0.15) is 12.8 Å². The minimum absolute atomic E-state index is 0.106. The fourth-order valence-corrected chi connectivity index (χ4v) is 2.20. The van der Waals surface area contributed by atoms with Gasteiger partial charge in [0.25, 0.3) is 5.69 Å². The maximum Gasteiger partial charge on any atom is 0.293 e. The minimum Gasteiger partial charge on any atom is -0.399 e. The predicted molar refractivity (Wildman–Crippen MR) is 77.4 cm³/mol. The molecule has 0 N–H and O–H groups in total. The van der Waals surface area contributed by atoms with Crippen LogP contribution < -0.4 is 4.90 Å². The summed E-state index contributed by atoms with van der Waals surface area (Å²) >= 11 is 0. The van der Waals surface area contributed by atoms with Crippen LogP contribution in [0.1, 0.15) is 5.56 Å². The third-order valence-corrected chi connectivity index (χ3v) is 3.35. The number of piperazine rings is 1. The maximum absolute atomic E-state index is 11.2. The van der Waals surface area contributed by atoms with Crippen molar-refractivity contribution in [3.8, 4) is 0 Å². The topological polar surface area (TPSA) is 71.2 Å². The van der Waals surface area contributed by atoms with Crippen LogP contribution in [0, 0.1) is 10.1 Å². The monoisotopic (exact) mass is 278 g/mol. The molecule has 0 amide bonds. The summed E-state index contributed by atoms with van der Waals surface area (Å²) in [4.78, 5) is 19.7. The van der Waals surface area contributed by atoms with Crippen LogP contribution in [0.25, 0.3) is 0 Å². The van der Waals surface area contributed by atoms with E-state index in [1.54, 1.807) is 6.07 Å². The van der Waals surface area contributed by atoms with Crippen LogP contribution in [0.5, 0.6) is 0 Å². The van der Waals surface area contributed by atoms with Crippen molar-refractivity contribution in [3.05, 3.63) is 33.9 Å². The number of hydrogen-bond donors (Lipinski definition) is 0. The Morgan fingerprint density at radius 3 is 2.65 bits per heavy atom. The van der Waals surface area contributed by atoms with Gasteiger partial charge in [0, 0.05) is 37.8 Å². The largest absolute Gasteiger partial charge is 0.399 e. The highest BCUT2D eigenvalue weighted by atomic mass is 16.6. The predicted octanol–water partition coefficient (Wildman–Crippen LogP) is 1.33. The standard InChI is InChI=1S/C13H18N4O3/c1-15-5-7-16(8-6-15)12-4-3-11(10-14-20-2)9-13(12)17(18)19/h3-4,9-10H,5-8H2,1-2H3/b14-10+. The van der Waals surface area contributed by atoms with Gasteiger partial charge < -0.3 is 14.6 Å². The van der Waals surface area contributed by atoms with Crippen LogP contribution in [0.4, 0.5) is 11.4 Å². The molecule has 1 aromatic rings. The van der Waals surface area contributed by atoms with Gasteiger partial charge in [-0.05, 0) is 13.1 Å². The molecule has 1 fully saturated rings. The maximum atomic E-state index is 11.2. The molecule has 2 rings (SSSR count). The number of oxime groups is 1. The van der Waals surface area contributed by atoms with E-state index in [0.717, 1.165) is 26.2 Å². The summed E-state index contributed by atoms with van der Waals surface area (Å²) in [5.74, 6) is 0. The summed E-state index contributed by atoms with van der Waals surface area (Å²) in [6, 6.07) is 5.11. The molecular formula is C13H18N4O3. The molecule has 0 spiro atoms. The number of benzene rings is 1. The molecule has 1 heterocycles. The van der Waals surface area contributed by atoms with E-state index in [-0.39, 0.29) is 10.6 Å². The molecule has 0 atom stereocenters. The van der Waals surface area contributed by atoms with Crippen LogP contribution in [0.15, 0.2) is 23.4 Å². The van der Waals surface area contributed by atoms with Gasteiger partial charge in [0.05, 0.1) is 11.1 Å². The third-order valence-electron chi connectivity index (χ3n) is 3.35. The molecule has 0 radical (unpaired) electrons. The highest BCUT2D eigenvalue weighted by Crippen LogP contribution is 2.29. The first-order valence-corrected chi connectivity index (χ1v) is 6.40. The molecule has 1 aliphatic rings. The second kappa shape index (κ2) is 6.33. The number of nitro benzene ring substituents is 1. The Labute approximate surface area is 117 Å². The van der Waals surface area contributed by atoms with E-state index in [4.69, 9.17) is 0 Å². The number of anilines is 1. The highest BCUT2D eigenvalue weighted by molar-refractivity contribution is 5.82. The van der Waals surface area contributed by atoms with Crippen molar-refractivity contribution in [2.24, 2.45) is 5.16 Å². The van der Waals surface area contributed by atoms with Gasteiger partial charge in [-0.2, -0.15) is 0 Å². The van der Waals surface area contributed by atoms with E-state index in [0.29, 0.717) is 11.3 Å². The average molecular weight is 278 g/mol. The number of likely N-dealkylation sites (N-methyl/N-ethyl adjacent to an activating group) is 1. The quantitative estimate of drug-likeness (QED) is 0.472. The van der Waals surface area contributed by atoms with E-state index in [2.05, 4.69) is 26.8 Å². The van der Waals surface area contributed by atoms with Crippen LogP contribution in [0.2, 0.25) is 0 Å². The van der Waals surface area contributed by atoms with E-state index in [1.807, 2.05) is 6.07 Å². The SMILES string of the molecule is CO/N=C/c1ccc(N2CCN(C)CC2)c([N+](=O)[O-])c1. The summed E-state index contributed by atoms with van der Waals surface area (Å²) in [5, 5.41) is 14.9. The third kappa shape index (κ3) is 3.24. The lowest BCUT2D eigenvalue weighted by Crippen LogP contribution is -2.44. The van der Waals surface area contributed by atoms with E-state index < -0.39 is 0 Å². The Hall–Kier alpha value is -2.15. The lowest BCUT2D eigenvalue weighted by molar-refractivity contribution is -0.384. The van der Waals surface area contributed by atoms with Gasteiger partial charge in [0.2, 0.25) is 0 Å². The Morgan fingerprint density at radius 1 is 1.35 bits per heavy atom. The second-order valence-electron chi connectivity index (χ2n) is 4.71. The molecule has 7 heteroatoms. The van der Waals surface area contributed by atoms with E-state index in [1.165, 1.54) is 19.4 Å². The Morgan fingerprint density at radius 2 is 2.05 bits per heavy atom. The molecule has 7 nitrogen and oxygen atoms in total. The molecule has 0 unspecified atom stereocenters. The minimum atomic E-state index is -0.349. The Bertz CT molecular complexity index is 510. The average Bonchev–Trinajstić information content (AvgIpc) is 2.45. The first-order chi connectivity index (χ1) is 9.61. The number of nitrogens with zero attached hydrogens (tertiary/aromatic N) is 4. The molecule has 0 aliphatic carbocycles. The molecule has 0 bridgehead atoms. The van der Waals surface area contributed by atoms with Crippen molar-refractivity contribution in [2.75, 3.05) is 45.2 Å². The number of hydrogen-bond acceptors (Lipinski definition) is 6. The van der Waals surface area contributed by atoms with Crippen molar-refractivity contribution < 1.29 is 9.76 Å². The molecular weight excluding hydrogens is 260 g/mol. The lowest BCUT2D eigenvalue weighted by Gasteiger charge is -2.33. The van der Waals surface area contributed by atoms with Crippen molar-refractivity contribution in [1.82, 2.24) is 4.90 Å². The zero-order valence-electron chi connectivity index (χ0n) is 11.7. The molecule has 20 heavy (non-hydrogen) atoms. The fraction of sp³-hybridized carbons (Fsp3) is 0.462. The number of nitro groups is 1. The van der Waals surface area contributed by atoms with Gasteiger partial charge in [0.15, 0.2) is 0 Å². The van der Waals surface area contributed by atoms with Crippen molar-refractivity contribution in [1.29, 1.82) is 0 Å². The zero-order chi connectivity index (χ0) is 14.5. The fourth-order valence-electron chi connectivity index (χ4n) is 2.20. The Kier molecular flexibility index (Phi) is 4.52.